The van der Waals surface area contributed by atoms with E-state index in [9.17, 15) is 9.59 Å². The predicted molar refractivity (Wildman–Crippen MR) is 108 cm³/mol. The predicted octanol–water partition coefficient (Wildman–Crippen LogP) is 5.50. The van der Waals surface area contributed by atoms with E-state index in [0.717, 1.165) is 5.69 Å². The van der Waals surface area contributed by atoms with Gasteiger partial charge in [-0.2, -0.15) is 0 Å². The van der Waals surface area contributed by atoms with Gasteiger partial charge in [0.1, 0.15) is 0 Å². The fourth-order valence-corrected chi connectivity index (χ4v) is 2.98. The van der Waals surface area contributed by atoms with Crippen molar-refractivity contribution in [1.29, 1.82) is 0 Å². The van der Waals surface area contributed by atoms with Gasteiger partial charge < -0.3 is 10.2 Å². The third-order valence-corrected chi connectivity index (χ3v) is 4.57. The molecule has 2 aromatic rings. The Morgan fingerprint density at radius 2 is 1.73 bits per heavy atom. The van der Waals surface area contributed by atoms with Crippen molar-refractivity contribution >= 4 is 46.4 Å². The normalized spacial score (nSPS) is 10.7. The topological polar surface area (TPSA) is 49.4 Å². The second kappa shape index (κ2) is 9.06. The number of amides is 2. The molecule has 1 N–H and O–H groups in total. The molecule has 0 aliphatic carbocycles. The summed E-state index contributed by atoms with van der Waals surface area (Å²) in [7, 11) is 0. The van der Waals surface area contributed by atoms with Crippen molar-refractivity contribution in [2.24, 2.45) is 0 Å². The summed E-state index contributed by atoms with van der Waals surface area (Å²) >= 11 is 11.9. The molecule has 6 heteroatoms. The average molecular weight is 393 g/mol. The lowest BCUT2D eigenvalue weighted by atomic mass is 10.0. The van der Waals surface area contributed by atoms with Crippen LogP contribution in [0.1, 0.15) is 38.7 Å². The van der Waals surface area contributed by atoms with Crippen molar-refractivity contribution < 1.29 is 9.59 Å². The summed E-state index contributed by atoms with van der Waals surface area (Å²) in [4.78, 5) is 25.8. The van der Waals surface area contributed by atoms with Crippen molar-refractivity contribution in [3.8, 4) is 0 Å². The Kier molecular flexibility index (Phi) is 7.06. The quantitative estimate of drug-likeness (QED) is 0.705. The lowest BCUT2D eigenvalue weighted by Gasteiger charge is -2.21. The van der Waals surface area contributed by atoms with Gasteiger partial charge in [0, 0.05) is 30.6 Å². The number of nitrogens with zero attached hydrogens (tertiary/aromatic N) is 1. The molecule has 0 saturated heterocycles. The average Bonchev–Trinajstić information content (AvgIpc) is 2.57. The van der Waals surface area contributed by atoms with Gasteiger partial charge in [-0.15, -0.1) is 0 Å². The van der Waals surface area contributed by atoms with Crippen molar-refractivity contribution in [2.45, 2.75) is 33.1 Å². The number of hydrogen-bond donors (Lipinski definition) is 1. The minimum atomic E-state index is -0.223. The van der Waals surface area contributed by atoms with E-state index >= 15 is 0 Å². The molecule has 0 bridgehead atoms. The molecule has 2 amide bonds. The van der Waals surface area contributed by atoms with Gasteiger partial charge in [0.25, 0.3) is 0 Å². The van der Waals surface area contributed by atoms with E-state index in [1.54, 1.807) is 23.1 Å². The van der Waals surface area contributed by atoms with E-state index in [-0.39, 0.29) is 24.8 Å². The molecule has 0 aromatic heterocycles. The molecule has 2 rings (SSSR count). The van der Waals surface area contributed by atoms with E-state index in [4.69, 9.17) is 23.2 Å². The van der Waals surface area contributed by atoms with Crippen LogP contribution in [0.3, 0.4) is 0 Å². The van der Waals surface area contributed by atoms with Crippen molar-refractivity contribution in [3.63, 3.8) is 0 Å². The minimum absolute atomic E-state index is 0.111. The van der Waals surface area contributed by atoms with Crippen LogP contribution in [0.15, 0.2) is 42.5 Å². The summed E-state index contributed by atoms with van der Waals surface area (Å²) < 4.78 is 0. The van der Waals surface area contributed by atoms with E-state index < -0.39 is 0 Å². The Labute approximate surface area is 164 Å². The molecule has 26 heavy (non-hydrogen) atoms. The maximum Gasteiger partial charge on any atom is 0.226 e. The Morgan fingerprint density at radius 1 is 1.08 bits per heavy atom. The summed E-state index contributed by atoms with van der Waals surface area (Å²) in [5.74, 6) is 0.0867. The number of rotatable bonds is 6. The molecule has 0 unspecified atom stereocenters. The molecular formula is C20H22Cl2N2O2. The number of nitrogens with one attached hydrogen (secondary N) is 1. The van der Waals surface area contributed by atoms with Gasteiger partial charge >= 0.3 is 0 Å². The van der Waals surface area contributed by atoms with E-state index in [1.165, 1.54) is 12.5 Å². The van der Waals surface area contributed by atoms with Crippen LogP contribution in [0, 0.1) is 0 Å². The van der Waals surface area contributed by atoms with Crippen LogP contribution < -0.4 is 10.2 Å². The first kappa shape index (κ1) is 20.3. The number of carbonyl (C=O) groups excluding carboxylic acids is 2. The maximum absolute atomic E-state index is 12.2. The molecule has 0 atom stereocenters. The summed E-state index contributed by atoms with van der Waals surface area (Å²) in [6.07, 6.45) is 0.157. The number of hydrogen-bond acceptors (Lipinski definition) is 2. The van der Waals surface area contributed by atoms with E-state index in [0.29, 0.717) is 21.7 Å². The zero-order valence-electron chi connectivity index (χ0n) is 15.1. The first-order valence-electron chi connectivity index (χ1n) is 8.41. The summed E-state index contributed by atoms with van der Waals surface area (Å²) in [6, 6.07) is 12.7. The van der Waals surface area contributed by atoms with Crippen molar-refractivity contribution in [1.82, 2.24) is 0 Å². The number of carbonyl (C=O) groups is 2. The Bertz CT molecular complexity index is 789. The fourth-order valence-electron chi connectivity index (χ4n) is 2.52. The highest BCUT2D eigenvalue weighted by atomic mass is 35.5. The molecule has 4 nitrogen and oxygen atoms in total. The highest BCUT2D eigenvalue weighted by molar-refractivity contribution is 6.36. The van der Waals surface area contributed by atoms with Gasteiger partial charge in [-0.1, -0.05) is 49.2 Å². The monoisotopic (exact) mass is 392 g/mol. The van der Waals surface area contributed by atoms with E-state index in [1.807, 2.05) is 24.3 Å². The van der Waals surface area contributed by atoms with Gasteiger partial charge in [-0.25, -0.2) is 0 Å². The lowest BCUT2D eigenvalue weighted by molar-refractivity contribution is -0.117. The standard InChI is InChI=1S/C20H22Cl2N2O2/c1-13(2)15-4-7-17(8-5-15)24(14(3)25)11-10-20(26)23-19-9-6-16(21)12-18(19)22/h4-9,12-13H,10-11H2,1-3H3,(H,23,26). The first-order chi connectivity index (χ1) is 12.3. The van der Waals surface area contributed by atoms with Gasteiger partial charge in [-0.05, 0) is 41.8 Å². The van der Waals surface area contributed by atoms with Crippen molar-refractivity contribution in [2.75, 3.05) is 16.8 Å². The van der Waals surface area contributed by atoms with Crippen LogP contribution in [0.4, 0.5) is 11.4 Å². The van der Waals surface area contributed by atoms with Crippen molar-refractivity contribution in [3.05, 3.63) is 58.1 Å². The molecule has 0 fully saturated rings. The van der Waals surface area contributed by atoms with Crippen LogP contribution in [-0.4, -0.2) is 18.4 Å². The number of anilines is 2. The highest BCUT2D eigenvalue weighted by Crippen LogP contribution is 2.25. The maximum atomic E-state index is 12.2. The van der Waals surface area contributed by atoms with Gasteiger partial charge in [0.05, 0.1) is 10.7 Å². The van der Waals surface area contributed by atoms with Gasteiger partial charge in [-0.3, -0.25) is 9.59 Å². The molecule has 0 aliphatic rings. The second-order valence-corrected chi connectivity index (χ2v) is 7.18. The van der Waals surface area contributed by atoms with Crippen LogP contribution in [0.25, 0.3) is 0 Å². The summed E-state index contributed by atoms with van der Waals surface area (Å²) in [5, 5.41) is 3.61. The molecule has 138 valence electrons. The Hall–Kier alpha value is -2.04. The number of benzene rings is 2. The Balaban J connectivity index is 2.01. The molecule has 0 radical (unpaired) electrons. The zero-order valence-corrected chi connectivity index (χ0v) is 16.6. The molecule has 2 aromatic carbocycles. The van der Waals surface area contributed by atoms with Crippen LogP contribution in [0.5, 0.6) is 0 Å². The van der Waals surface area contributed by atoms with Crippen LogP contribution in [0.2, 0.25) is 10.0 Å². The first-order valence-corrected chi connectivity index (χ1v) is 9.16. The molecule has 0 saturated carbocycles. The molecule has 0 spiro atoms. The molecular weight excluding hydrogens is 371 g/mol. The molecule has 0 heterocycles. The fraction of sp³-hybridized carbons (Fsp3) is 0.300. The largest absolute Gasteiger partial charge is 0.325 e. The Morgan fingerprint density at radius 3 is 2.27 bits per heavy atom. The van der Waals surface area contributed by atoms with Gasteiger partial charge in [0.15, 0.2) is 0 Å². The lowest BCUT2D eigenvalue weighted by Crippen LogP contribution is -2.32. The highest BCUT2D eigenvalue weighted by Gasteiger charge is 2.14. The van der Waals surface area contributed by atoms with Crippen LogP contribution >= 0.6 is 23.2 Å². The zero-order chi connectivity index (χ0) is 19.3. The molecule has 0 aliphatic heterocycles. The third-order valence-electron chi connectivity index (χ3n) is 4.02. The minimum Gasteiger partial charge on any atom is -0.325 e. The summed E-state index contributed by atoms with van der Waals surface area (Å²) in [6.45, 7) is 6.01. The van der Waals surface area contributed by atoms with Gasteiger partial charge in [0.2, 0.25) is 11.8 Å². The smallest absolute Gasteiger partial charge is 0.226 e. The SMILES string of the molecule is CC(=O)N(CCC(=O)Nc1ccc(Cl)cc1Cl)c1ccc(C(C)C)cc1. The van der Waals surface area contributed by atoms with Crippen LogP contribution in [-0.2, 0) is 9.59 Å². The number of halogens is 2. The third kappa shape index (κ3) is 5.48. The second-order valence-electron chi connectivity index (χ2n) is 6.34. The van der Waals surface area contributed by atoms with E-state index in [2.05, 4.69) is 19.2 Å². The summed E-state index contributed by atoms with van der Waals surface area (Å²) in [5.41, 5.74) is 2.48.